The fourth-order valence-corrected chi connectivity index (χ4v) is 5.74. The number of Topliss-reactive ketones (excluding diaryl/α,β-unsaturated/α-hetero) is 1. The van der Waals surface area contributed by atoms with Crippen molar-refractivity contribution < 1.29 is 4.79 Å². The minimum absolute atomic E-state index is 0.107. The van der Waals surface area contributed by atoms with E-state index in [-0.39, 0.29) is 17.7 Å². The lowest BCUT2D eigenvalue weighted by Gasteiger charge is -2.36. The largest absolute Gasteiger partial charge is 0.361 e. The monoisotopic (exact) mass is 464 g/mol. The predicted molar refractivity (Wildman–Crippen MR) is 135 cm³/mol. The van der Waals surface area contributed by atoms with E-state index in [2.05, 4.69) is 33.1 Å². The van der Waals surface area contributed by atoms with Gasteiger partial charge in [-0.3, -0.25) is 9.36 Å². The summed E-state index contributed by atoms with van der Waals surface area (Å²) < 4.78 is 2.18. The Morgan fingerprint density at radius 3 is 2.62 bits per heavy atom. The molecule has 0 radical (unpaired) electrons. The minimum Gasteiger partial charge on any atom is -0.361 e. The summed E-state index contributed by atoms with van der Waals surface area (Å²) >= 11 is 6.11. The first kappa shape index (κ1) is 19.6. The molecule has 0 fully saturated rings. The number of benzene rings is 3. The van der Waals surface area contributed by atoms with Crippen molar-refractivity contribution in [1.82, 2.24) is 14.5 Å². The van der Waals surface area contributed by atoms with Gasteiger partial charge in [0.05, 0.1) is 17.1 Å². The maximum atomic E-state index is 13.8. The molecule has 2 aliphatic rings. The van der Waals surface area contributed by atoms with Gasteiger partial charge in [-0.2, -0.15) is 0 Å². The maximum absolute atomic E-state index is 13.8. The van der Waals surface area contributed by atoms with Crippen LogP contribution in [-0.4, -0.2) is 20.3 Å². The van der Waals surface area contributed by atoms with Crippen molar-refractivity contribution in [2.24, 2.45) is 0 Å². The molecule has 5 aromatic rings. The zero-order valence-electron chi connectivity index (χ0n) is 18.3. The predicted octanol–water partition coefficient (Wildman–Crippen LogP) is 6.59. The molecule has 2 aromatic heterocycles. The standard InChI is InChI=1S/C28H21ClN4O/c29-18-11-9-16(10-12-18)17-13-23-26(25(34)14-17)27(20-15-30-21-6-2-1-5-19(20)21)33-24-8-4-3-7-22(24)31-28(33)32-23/h1-12,15,17,27,30H,13-14H2,(H,31,32)/t17-,27-/m1/s1. The lowest BCUT2D eigenvalue weighted by atomic mass is 9.77. The lowest BCUT2D eigenvalue weighted by molar-refractivity contribution is -0.116. The van der Waals surface area contributed by atoms with Gasteiger partial charge in [0.2, 0.25) is 5.95 Å². The summed E-state index contributed by atoms with van der Waals surface area (Å²) in [7, 11) is 0. The molecule has 166 valence electrons. The summed E-state index contributed by atoms with van der Waals surface area (Å²) in [4.78, 5) is 22.1. The van der Waals surface area contributed by atoms with Crippen molar-refractivity contribution in [3.8, 4) is 0 Å². The van der Waals surface area contributed by atoms with E-state index in [1.54, 1.807) is 0 Å². The van der Waals surface area contributed by atoms with Crippen molar-refractivity contribution in [3.63, 3.8) is 0 Å². The van der Waals surface area contributed by atoms with Crippen molar-refractivity contribution in [2.75, 3.05) is 5.32 Å². The van der Waals surface area contributed by atoms with Crippen molar-refractivity contribution in [1.29, 1.82) is 0 Å². The van der Waals surface area contributed by atoms with Crippen LogP contribution >= 0.6 is 11.6 Å². The van der Waals surface area contributed by atoms with E-state index in [0.29, 0.717) is 11.4 Å². The summed E-state index contributed by atoms with van der Waals surface area (Å²) in [6.45, 7) is 0. The van der Waals surface area contributed by atoms with Crippen LogP contribution < -0.4 is 5.32 Å². The molecule has 6 heteroatoms. The third-order valence-corrected chi connectivity index (χ3v) is 7.41. The second-order valence-corrected chi connectivity index (χ2v) is 9.52. The van der Waals surface area contributed by atoms with E-state index >= 15 is 0 Å². The van der Waals surface area contributed by atoms with E-state index < -0.39 is 0 Å². The second kappa shape index (κ2) is 7.34. The highest BCUT2D eigenvalue weighted by Gasteiger charge is 2.40. The van der Waals surface area contributed by atoms with Crippen LogP contribution in [0.2, 0.25) is 5.02 Å². The van der Waals surface area contributed by atoms with Crippen LogP contribution in [0.25, 0.3) is 21.9 Å². The molecule has 0 unspecified atom stereocenters. The number of aromatic nitrogens is 3. The number of anilines is 1. The number of nitrogens with one attached hydrogen (secondary N) is 2. The normalized spacial score (nSPS) is 19.9. The number of para-hydroxylation sites is 3. The number of hydrogen-bond acceptors (Lipinski definition) is 3. The molecule has 0 bridgehead atoms. The molecule has 7 rings (SSSR count). The first-order valence-corrected chi connectivity index (χ1v) is 11.9. The number of carbonyl (C=O) groups is 1. The SMILES string of the molecule is O=C1C[C@H](c2ccc(Cl)cc2)CC2=C1[C@@H](c1c[nH]c3ccccc13)n1c(nc3ccccc31)N2. The van der Waals surface area contributed by atoms with Gasteiger partial charge in [0.15, 0.2) is 5.78 Å². The summed E-state index contributed by atoms with van der Waals surface area (Å²) in [5.74, 6) is 1.06. The quantitative estimate of drug-likeness (QED) is 0.310. The average molecular weight is 465 g/mol. The Morgan fingerprint density at radius 2 is 1.74 bits per heavy atom. The summed E-state index contributed by atoms with van der Waals surface area (Å²) in [5.41, 5.74) is 7.02. The zero-order valence-corrected chi connectivity index (χ0v) is 19.0. The van der Waals surface area contributed by atoms with Crippen LogP contribution in [0, 0.1) is 0 Å². The van der Waals surface area contributed by atoms with Gasteiger partial charge in [-0.1, -0.05) is 54.1 Å². The fraction of sp³-hybridized carbons (Fsp3) is 0.143. The number of aromatic amines is 1. The smallest absolute Gasteiger partial charge is 0.209 e. The summed E-state index contributed by atoms with van der Waals surface area (Å²) in [6.07, 6.45) is 3.27. The molecular weight excluding hydrogens is 444 g/mol. The van der Waals surface area contributed by atoms with Crippen LogP contribution in [0.5, 0.6) is 0 Å². The molecule has 0 saturated carbocycles. The highest BCUT2D eigenvalue weighted by atomic mass is 35.5. The second-order valence-electron chi connectivity index (χ2n) is 9.08. The van der Waals surface area contributed by atoms with Gasteiger partial charge in [0, 0.05) is 45.4 Å². The molecule has 1 aliphatic carbocycles. The molecule has 3 heterocycles. The molecule has 1 aliphatic heterocycles. The Bertz CT molecular complexity index is 1630. The van der Waals surface area contributed by atoms with Gasteiger partial charge in [-0.05, 0) is 48.2 Å². The molecule has 2 N–H and O–H groups in total. The number of H-pyrrole nitrogens is 1. The molecule has 34 heavy (non-hydrogen) atoms. The minimum atomic E-state index is -0.242. The number of hydrogen-bond donors (Lipinski definition) is 2. The first-order valence-electron chi connectivity index (χ1n) is 11.5. The molecule has 0 saturated heterocycles. The zero-order chi connectivity index (χ0) is 22.8. The van der Waals surface area contributed by atoms with E-state index in [9.17, 15) is 4.79 Å². The van der Waals surface area contributed by atoms with Crippen molar-refractivity contribution >= 4 is 45.3 Å². The summed E-state index contributed by atoms with van der Waals surface area (Å²) in [5, 5.41) is 5.37. The fourth-order valence-electron chi connectivity index (χ4n) is 5.61. The van der Waals surface area contributed by atoms with Crippen molar-refractivity contribution in [3.05, 3.63) is 106 Å². The van der Waals surface area contributed by atoms with Gasteiger partial charge in [-0.25, -0.2) is 4.98 Å². The number of carbonyl (C=O) groups excluding carboxylic acids is 1. The van der Waals surface area contributed by atoms with Gasteiger partial charge in [-0.15, -0.1) is 0 Å². The van der Waals surface area contributed by atoms with Crippen LogP contribution in [0.4, 0.5) is 5.95 Å². The molecule has 5 nitrogen and oxygen atoms in total. The Hall–Kier alpha value is -3.83. The lowest BCUT2D eigenvalue weighted by Crippen LogP contribution is -2.33. The topological polar surface area (TPSA) is 62.7 Å². The van der Waals surface area contributed by atoms with Gasteiger partial charge in [0.25, 0.3) is 0 Å². The Kier molecular flexibility index (Phi) is 4.23. The molecule has 2 atom stereocenters. The van der Waals surface area contributed by atoms with Crippen LogP contribution in [0.1, 0.15) is 35.9 Å². The Balaban J connectivity index is 1.44. The molecule has 0 amide bonds. The van der Waals surface area contributed by atoms with E-state index in [1.165, 1.54) is 0 Å². The Labute approximate surface area is 201 Å². The van der Waals surface area contributed by atoms with Gasteiger partial charge < -0.3 is 10.3 Å². The number of fused-ring (bicyclic) bond motifs is 4. The average Bonchev–Trinajstić information content (AvgIpc) is 3.44. The third-order valence-electron chi connectivity index (χ3n) is 7.16. The molecular formula is C28H21ClN4O. The Morgan fingerprint density at radius 1 is 0.941 bits per heavy atom. The first-order chi connectivity index (χ1) is 16.7. The van der Waals surface area contributed by atoms with Crippen LogP contribution in [-0.2, 0) is 4.79 Å². The van der Waals surface area contributed by atoms with Crippen LogP contribution in [0.3, 0.4) is 0 Å². The number of nitrogens with zero attached hydrogens (tertiary/aromatic N) is 2. The van der Waals surface area contributed by atoms with E-state index in [0.717, 1.165) is 56.7 Å². The maximum Gasteiger partial charge on any atom is 0.209 e. The number of halogens is 1. The van der Waals surface area contributed by atoms with Gasteiger partial charge >= 0.3 is 0 Å². The number of rotatable bonds is 2. The van der Waals surface area contributed by atoms with E-state index in [4.69, 9.17) is 16.6 Å². The number of allylic oxidation sites excluding steroid dienone is 2. The summed E-state index contributed by atoms with van der Waals surface area (Å²) in [6, 6.07) is 24.0. The molecule has 3 aromatic carbocycles. The van der Waals surface area contributed by atoms with Crippen LogP contribution in [0.15, 0.2) is 90.3 Å². The van der Waals surface area contributed by atoms with E-state index in [1.807, 2.05) is 60.8 Å². The number of ketones is 1. The highest BCUT2D eigenvalue weighted by molar-refractivity contribution is 6.30. The third kappa shape index (κ3) is 2.87. The highest BCUT2D eigenvalue weighted by Crippen LogP contribution is 2.47. The molecule has 0 spiro atoms. The van der Waals surface area contributed by atoms with Crippen molar-refractivity contribution in [2.45, 2.75) is 24.8 Å². The number of imidazole rings is 1. The van der Waals surface area contributed by atoms with Gasteiger partial charge in [0.1, 0.15) is 0 Å².